The van der Waals surface area contributed by atoms with Crippen LogP contribution in [0.5, 0.6) is 11.5 Å². The van der Waals surface area contributed by atoms with Crippen molar-refractivity contribution in [1.29, 1.82) is 0 Å². The van der Waals surface area contributed by atoms with Crippen LogP contribution in [-0.2, 0) is 17.9 Å². The minimum atomic E-state index is 0.236. The molecule has 0 fully saturated rings. The second kappa shape index (κ2) is 6.30. The molecule has 0 spiro atoms. The average molecular weight is 351 g/mol. The highest BCUT2D eigenvalue weighted by molar-refractivity contribution is 5.77. The number of nitrogens with zero attached hydrogens (tertiary/aromatic N) is 2. The number of benzene rings is 2. The summed E-state index contributed by atoms with van der Waals surface area (Å²) >= 11 is 0. The Bertz CT molecular complexity index is 966. The molecule has 1 N–H and O–H groups in total. The van der Waals surface area contributed by atoms with Gasteiger partial charge >= 0.3 is 0 Å². The normalized spacial score (nSPS) is 18.3. The van der Waals surface area contributed by atoms with Gasteiger partial charge in [0.2, 0.25) is 6.79 Å². The van der Waals surface area contributed by atoms with Crippen LogP contribution in [0.1, 0.15) is 23.0 Å². The Labute approximate surface area is 151 Å². The number of aryl methyl sites for hydroxylation is 1. The van der Waals surface area contributed by atoms with Crippen molar-refractivity contribution in [3.05, 3.63) is 53.3 Å². The SMILES string of the molecule is Cc1ccc2nc3n(c2c1)C(CNCc1ccc2c(c1)OCO2)COC3. The Morgan fingerprint density at radius 3 is 3.04 bits per heavy atom. The molecule has 0 saturated heterocycles. The van der Waals surface area contributed by atoms with E-state index < -0.39 is 0 Å². The van der Waals surface area contributed by atoms with Crippen LogP contribution in [0.15, 0.2) is 36.4 Å². The summed E-state index contributed by atoms with van der Waals surface area (Å²) in [7, 11) is 0. The van der Waals surface area contributed by atoms with Crippen LogP contribution in [0, 0.1) is 6.92 Å². The lowest BCUT2D eigenvalue weighted by Crippen LogP contribution is -2.32. The Hall–Kier alpha value is -2.57. The summed E-state index contributed by atoms with van der Waals surface area (Å²) in [5, 5.41) is 3.55. The molecular weight excluding hydrogens is 330 g/mol. The van der Waals surface area contributed by atoms with Crippen molar-refractivity contribution in [2.24, 2.45) is 0 Å². The van der Waals surface area contributed by atoms with Crippen LogP contribution < -0.4 is 14.8 Å². The van der Waals surface area contributed by atoms with Crippen molar-refractivity contribution in [3.8, 4) is 11.5 Å². The Kier molecular flexibility index (Phi) is 3.80. The predicted molar refractivity (Wildman–Crippen MR) is 97.4 cm³/mol. The van der Waals surface area contributed by atoms with Gasteiger partial charge in [-0.3, -0.25) is 0 Å². The van der Waals surface area contributed by atoms with E-state index in [0.717, 1.165) is 35.9 Å². The monoisotopic (exact) mass is 351 g/mol. The first-order valence-electron chi connectivity index (χ1n) is 8.92. The fraction of sp³-hybridized carbons (Fsp3) is 0.350. The summed E-state index contributed by atoms with van der Waals surface area (Å²) in [6.45, 7) is 5.29. The summed E-state index contributed by atoms with van der Waals surface area (Å²) in [5.74, 6) is 2.65. The highest BCUT2D eigenvalue weighted by Crippen LogP contribution is 2.32. The van der Waals surface area contributed by atoms with Crippen LogP contribution in [0.3, 0.4) is 0 Å². The zero-order valence-corrected chi connectivity index (χ0v) is 14.7. The van der Waals surface area contributed by atoms with Gasteiger partial charge in [0.1, 0.15) is 12.4 Å². The third-order valence-electron chi connectivity index (χ3n) is 4.97. The quantitative estimate of drug-likeness (QED) is 0.783. The molecule has 0 saturated carbocycles. The highest BCUT2D eigenvalue weighted by atomic mass is 16.7. The molecule has 2 aliphatic rings. The third-order valence-corrected chi connectivity index (χ3v) is 4.97. The van der Waals surface area contributed by atoms with Gasteiger partial charge in [0.15, 0.2) is 11.5 Å². The molecule has 134 valence electrons. The van der Waals surface area contributed by atoms with E-state index in [-0.39, 0.29) is 6.04 Å². The number of hydrogen-bond acceptors (Lipinski definition) is 5. The lowest BCUT2D eigenvalue weighted by Gasteiger charge is -2.26. The van der Waals surface area contributed by atoms with E-state index in [1.807, 2.05) is 12.1 Å². The van der Waals surface area contributed by atoms with Crippen molar-refractivity contribution in [2.45, 2.75) is 26.1 Å². The summed E-state index contributed by atoms with van der Waals surface area (Å²) < 4.78 is 18.9. The molecule has 0 aliphatic carbocycles. The van der Waals surface area contributed by atoms with Crippen LogP contribution in [0.25, 0.3) is 11.0 Å². The topological polar surface area (TPSA) is 57.5 Å². The fourth-order valence-electron chi connectivity index (χ4n) is 3.71. The molecule has 1 atom stereocenters. The summed E-state index contributed by atoms with van der Waals surface area (Å²) in [6.07, 6.45) is 0. The average Bonchev–Trinajstić information content (AvgIpc) is 3.25. The van der Waals surface area contributed by atoms with Crippen LogP contribution in [0.4, 0.5) is 0 Å². The lowest BCUT2D eigenvalue weighted by molar-refractivity contribution is 0.0564. The maximum absolute atomic E-state index is 5.77. The standard InChI is InChI=1S/C20H21N3O3/c1-13-2-4-16-17(6-13)23-15(10-24-11-20(23)22-16)9-21-8-14-3-5-18-19(7-14)26-12-25-18/h2-7,15,21H,8-12H2,1H3. The number of nitrogens with one attached hydrogen (secondary N) is 1. The van der Waals surface area contributed by atoms with Crippen molar-refractivity contribution >= 4 is 11.0 Å². The Balaban J connectivity index is 1.33. The molecule has 0 radical (unpaired) electrons. The van der Waals surface area contributed by atoms with Gasteiger partial charge in [-0.2, -0.15) is 0 Å². The van der Waals surface area contributed by atoms with Gasteiger partial charge in [-0.25, -0.2) is 4.98 Å². The maximum Gasteiger partial charge on any atom is 0.231 e. The van der Waals surface area contributed by atoms with E-state index in [1.54, 1.807) is 0 Å². The van der Waals surface area contributed by atoms with Gasteiger partial charge in [0.25, 0.3) is 0 Å². The molecule has 0 amide bonds. The first-order chi connectivity index (χ1) is 12.8. The molecule has 1 aromatic heterocycles. The van der Waals surface area contributed by atoms with E-state index in [0.29, 0.717) is 20.0 Å². The second-order valence-corrected chi connectivity index (χ2v) is 6.88. The predicted octanol–water partition coefficient (Wildman–Crippen LogP) is 2.93. The van der Waals surface area contributed by atoms with Crippen molar-refractivity contribution < 1.29 is 14.2 Å². The van der Waals surface area contributed by atoms with E-state index in [2.05, 4.69) is 41.1 Å². The number of ether oxygens (including phenoxy) is 3. The van der Waals surface area contributed by atoms with E-state index in [4.69, 9.17) is 19.2 Å². The maximum atomic E-state index is 5.77. The molecule has 5 rings (SSSR count). The first kappa shape index (κ1) is 15.7. The van der Waals surface area contributed by atoms with E-state index >= 15 is 0 Å². The van der Waals surface area contributed by atoms with Crippen molar-refractivity contribution in [3.63, 3.8) is 0 Å². The van der Waals surface area contributed by atoms with Crippen LogP contribution in [-0.4, -0.2) is 29.5 Å². The second-order valence-electron chi connectivity index (χ2n) is 6.88. The van der Waals surface area contributed by atoms with Crippen LogP contribution in [0.2, 0.25) is 0 Å². The number of fused-ring (bicyclic) bond motifs is 4. The zero-order chi connectivity index (χ0) is 17.5. The first-order valence-corrected chi connectivity index (χ1v) is 8.92. The van der Waals surface area contributed by atoms with E-state index in [1.165, 1.54) is 16.6 Å². The summed E-state index contributed by atoms with van der Waals surface area (Å²) in [5.41, 5.74) is 4.66. The minimum absolute atomic E-state index is 0.236. The molecular formula is C20H21N3O3. The van der Waals surface area contributed by atoms with Crippen LogP contribution >= 0.6 is 0 Å². The molecule has 1 unspecified atom stereocenters. The molecule has 2 aliphatic heterocycles. The Morgan fingerprint density at radius 1 is 1.15 bits per heavy atom. The summed E-state index contributed by atoms with van der Waals surface area (Å²) in [6, 6.07) is 12.7. The number of hydrogen-bond donors (Lipinski definition) is 1. The number of imidazole rings is 1. The van der Waals surface area contributed by atoms with Gasteiger partial charge in [0.05, 0.1) is 23.7 Å². The van der Waals surface area contributed by atoms with Gasteiger partial charge in [0, 0.05) is 13.1 Å². The number of rotatable bonds is 4. The van der Waals surface area contributed by atoms with E-state index in [9.17, 15) is 0 Å². The zero-order valence-electron chi connectivity index (χ0n) is 14.7. The molecule has 6 nitrogen and oxygen atoms in total. The number of aromatic nitrogens is 2. The molecule has 6 heteroatoms. The fourth-order valence-corrected chi connectivity index (χ4v) is 3.71. The summed E-state index contributed by atoms with van der Waals surface area (Å²) in [4.78, 5) is 4.73. The smallest absolute Gasteiger partial charge is 0.231 e. The van der Waals surface area contributed by atoms with Crippen molar-refractivity contribution in [1.82, 2.24) is 14.9 Å². The third kappa shape index (κ3) is 2.71. The Morgan fingerprint density at radius 2 is 2.08 bits per heavy atom. The molecule has 26 heavy (non-hydrogen) atoms. The van der Waals surface area contributed by atoms with Gasteiger partial charge < -0.3 is 24.1 Å². The minimum Gasteiger partial charge on any atom is -0.454 e. The molecule has 0 bridgehead atoms. The molecule has 3 heterocycles. The largest absolute Gasteiger partial charge is 0.454 e. The van der Waals surface area contributed by atoms with Gasteiger partial charge in [-0.1, -0.05) is 12.1 Å². The van der Waals surface area contributed by atoms with Gasteiger partial charge in [-0.05, 0) is 42.3 Å². The van der Waals surface area contributed by atoms with Gasteiger partial charge in [-0.15, -0.1) is 0 Å². The lowest BCUT2D eigenvalue weighted by atomic mass is 10.2. The highest BCUT2D eigenvalue weighted by Gasteiger charge is 2.24. The molecule has 3 aromatic rings. The molecule has 2 aromatic carbocycles. The van der Waals surface area contributed by atoms with Crippen molar-refractivity contribution in [2.75, 3.05) is 19.9 Å².